The predicted octanol–water partition coefficient (Wildman–Crippen LogP) is 1.74. The first-order valence-electron chi connectivity index (χ1n) is 4.94. The van der Waals surface area contributed by atoms with Gasteiger partial charge in [0.25, 0.3) is 0 Å². The molecule has 3 aromatic rings. The predicted molar refractivity (Wildman–Crippen MR) is 64.1 cm³/mol. The van der Waals surface area contributed by atoms with Crippen molar-refractivity contribution >= 4 is 17.2 Å². The zero-order chi connectivity index (χ0) is 11.8. The maximum Gasteiger partial charge on any atom is 0.364 e. The van der Waals surface area contributed by atoms with Crippen molar-refractivity contribution in [3.63, 3.8) is 0 Å². The van der Waals surface area contributed by atoms with Gasteiger partial charge in [-0.3, -0.25) is 0 Å². The van der Waals surface area contributed by atoms with Crippen molar-refractivity contribution < 1.29 is 0 Å². The van der Waals surface area contributed by atoms with Gasteiger partial charge in [-0.2, -0.15) is 14.7 Å². The van der Waals surface area contributed by atoms with E-state index in [0.29, 0.717) is 16.4 Å². The molecule has 0 aliphatic heterocycles. The molecule has 0 aliphatic carbocycles. The molecule has 0 spiro atoms. The molecule has 6 heteroatoms. The summed E-state index contributed by atoms with van der Waals surface area (Å²) in [5.41, 5.74) is 1.65. The third-order valence-electron chi connectivity index (χ3n) is 2.39. The number of H-pyrrole nitrogens is 1. The van der Waals surface area contributed by atoms with Gasteiger partial charge in [0.2, 0.25) is 0 Å². The summed E-state index contributed by atoms with van der Waals surface area (Å²) in [6, 6.07) is 10.8. The van der Waals surface area contributed by atoms with E-state index in [4.69, 9.17) is 11.6 Å². The Hall–Kier alpha value is -2.14. The average Bonchev–Trinajstić information content (AvgIpc) is 2.71. The molecule has 0 radical (unpaired) electrons. The van der Waals surface area contributed by atoms with E-state index in [2.05, 4.69) is 15.3 Å². The molecule has 2 heterocycles. The van der Waals surface area contributed by atoms with Crippen LogP contribution in [-0.4, -0.2) is 19.8 Å². The van der Waals surface area contributed by atoms with Gasteiger partial charge in [0.1, 0.15) is 0 Å². The SMILES string of the molecule is O=c1[nH]nc2ccc(-c3cccc(Cl)c3)nn12. The number of aromatic amines is 1. The monoisotopic (exact) mass is 246 g/mol. The molecule has 2 aromatic heterocycles. The van der Waals surface area contributed by atoms with Crippen molar-refractivity contribution in [2.24, 2.45) is 0 Å². The quantitative estimate of drug-likeness (QED) is 0.711. The van der Waals surface area contributed by atoms with Crippen LogP contribution in [0.5, 0.6) is 0 Å². The molecule has 0 fully saturated rings. The molecule has 84 valence electrons. The third-order valence-corrected chi connectivity index (χ3v) is 2.63. The number of hydrogen-bond acceptors (Lipinski definition) is 3. The molecule has 1 aromatic carbocycles. The molecule has 0 aliphatic rings. The molecular weight excluding hydrogens is 240 g/mol. The second-order valence-corrected chi connectivity index (χ2v) is 3.96. The molecule has 0 atom stereocenters. The van der Waals surface area contributed by atoms with Gasteiger partial charge in [-0.1, -0.05) is 23.7 Å². The summed E-state index contributed by atoms with van der Waals surface area (Å²) in [6.45, 7) is 0. The Balaban J connectivity index is 2.24. The number of nitrogens with one attached hydrogen (secondary N) is 1. The van der Waals surface area contributed by atoms with Gasteiger partial charge in [0.05, 0.1) is 5.69 Å². The first-order valence-corrected chi connectivity index (χ1v) is 5.32. The Bertz CT molecular complexity index is 746. The van der Waals surface area contributed by atoms with Crippen LogP contribution in [0.2, 0.25) is 5.02 Å². The summed E-state index contributed by atoms with van der Waals surface area (Å²) < 4.78 is 1.22. The van der Waals surface area contributed by atoms with Gasteiger partial charge >= 0.3 is 5.69 Å². The minimum atomic E-state index is -0.358. The molecule has 17 heavy (non-hydrogen) atoms. The summed E-state index contributed by atoms with van der Waals surface area (Å²) >= 11 is 5.91. The number of aromatic nitrogens is 4. The molecule has 0 saturated heterocycles. The van der Waals surface area contributed by atoms with Crippen LogP contribution in [0.4, 0.5) is 0 Å². The van der Waals surface area contributed by atoms with E-state index in [1.54, 1.807) is 24.3 Å². The van der Waals surface area contributed by atoms with Gasteiger partial charge in [-0.25, -0.2) is 9.89 Å². The van der Waals surface area contributed by atoms with Crippen LogP contribution in [0.15, 0.2) is 41.2 Å². The fourth-order valence-electron chi connectivity index (χ4n) is 1.60. The van der Waals surface area contributed by atoms with Crippen molar-refractivity contribution in [3.05, 3.63) is 51.9 Å². The number of rotatable bonds is 1. The van der Waals surface area contributed by atoms with E-state index in [1.807, 2.05) is 12.1 Å². The largest absolute Gasteiger partial charge is 0.364 e. The molecule has 3 rings (SSSR count). The van der Waals surface area contributed by atoms with Gasteiger partial charge in [0, 0.05) is 10.6 Å². The van der Waals surface area contributed by atoms with Crippen LogP contribution in [0.3, 0.4) is 0 Å². The Kier molecular flexibility index (Phi) is 2.19. The summed E-state index contributed by atoms with van der Waals surface area (Å²) in [4.78, 5) is 11.4. The lowest BCUT2D eigenvalue weighted by molar-refractivity contribution is 0.885. The van der Waals surface area contributed by atoms with Gasteiger partial charge < -0.3 is 0 Å². The Morgan fingerprint density at radius 2 is 2.12 bits per heavy atom. The molecule has 0 bridgehead atoms. The lowest BCUT2D eigenvalue weighted by atomic mass is 10.1. The van der Waals surface area contributed by atoms with Crippen LogP contribution < -0.4 is 5.69 Å². The minimum absolute atomic E-state index is 0.358. The summed E-state index contributed by atoms with van der Waals surface area (Å²) in [5.74, 6) is 0. The van der Waals surface area contributed by atoms with E-state index in [9.17, 15) is 4.79 Å². The molecule has 5 nitrogen and oxygen atoms in total. The van der Waals surface area contributed by atoms with E-state index in [-0.39, 0.29) is 5.69 Å². The maximum atomic E-state index is 11.4. The van der Waals surface area contributed by atoms with Gasteiger partial charge in [-0.15, -0.1) is 0 Å². The lowest BCUT2D eigenvalue weighted by Crippen LogP contribution is -2.12. The van der Waals surface area contributed by atoms with Crippen LogP contribution in [0, 0.1) is 0 Å². The number of benzene rings is 1. The van der Waals surface area contributed by atoms with Crippen LogP contribution >= 0.6 is 11.6 Å². The number of halogens is 1. The van der Waals surface area contributed by atoms with Crippen molar-refractivity contribution in [2.75, 3.05) is 0 Å². The minimum Gasteiger partial charge on any atom is -0.244 e. The highest BCUT2D eigenvalue weighted by Gasteiger charge is 2.04. The highest BCUT2D eigenvalue weighted by Crippen LogP contribution is 2.20. The van der Waals surface area contributed by atoms with Crippen molar-refractivity contribution in [1.82, 2.24) is 19.8 Å². The van der Waals surface area contributed by atoms with Crippen molar-refractivity contribution in [1.29, 1.82) is 0 Å². The van der Waals surface area contributed by atoms with E-state index in [1.165, 1.54) is 4.52 Å². The fraction of sp³-hybridized carbons (Fsp3) is 0. The summed E-state index contributed by atoms with van der Waals surface area (Å²) in [6.07, 6.45) is 0. The van der Waals surface area contributed by atoms with E-state index < -0.39 is 0 Å². The van der Waals surface area contributed by atoms with Crippen LogP contribution in [-0.2, 0) is 0 Å². The molecular formula is C11H7ClN4O. The number of fused-ring (bicyclic) bond motifs is 1. The third kappa shape index (κ3) is 1.70. The Morgan fingerprint density at radius 1 is 1.24 bits per heavy atom. The highest BCUT2D eigenvalue weighted by atomic mass is 35.5. The zero-order valence-corrected chi connectivity index (χ0v) is 9.35. The van der Waals surface area contributed by atoms with Crippen molar-refractivity contribution in [3.8, 4) is 11.3 Å². The van der Waals surface area contributed by atoms with Crippen LogP contribution in [0.1, 0.15) is 0 Å². The smallest absolute Gasteiger partial charge is 0.244 e. The first kappa shape index (κ1) is 10.0. The van der Waals surface area contributed by atoms with Crippen molar-refractivity contribution in [2.45, 2.75) is 0 Å². The summed E-state index contributed by atoms with van der Waals surface area (Å²) in [5, 5.41) is 11.0. The molecule has 0 amide bonds. The van der Waals surface area contributed by atoms with Gasteiger partial charge in [-0.05, 0) is 24.3 Å². The first-order chi connectivity index (χ1) is 8.24. The maximum absolute atomic E-state index is 11.4. The number of nitrogens with zero attached hydrogens (tertiary/aromatic N) is 3. The lowest BCUT2D eigenvalue weighted by Gasteiger charge is -2.00. The fourth-order valence-corrected chi connectivity index (χ4v) is 1.79. The topological polar surface area (TPSA) is 63.0 Å². The molecule has 1 N–H and O–H groups in total. The summed E-state index contributed by atoms with van der Waals surface area (Å²) in [7, 11) is 0. The number of hydrogen-bond donors (Lipinski definition) is 1. The van der Waals surface area contributed by atoms with E-state index >= 15 is 0 Å². The second-order valence-electron chi connectivity index (χ2n) is 3.53. The van der Waals surface area contributed by atoms with E-state index in [0.717, 1.165) is 5.56 Å². The normalized spacial score (nSPS) is 10.9. The standard InChI is InChI=1S/C11H7ClN4O/c12-8-3-1-2-7(6-8)9-4-5-10-13-14-11(17)16(10)15-9/h1-6H,(H,14,17). The van der Waals surface area contributed by atoms with Gasteiger partial charge in [0.15, 0.2) is 5.65 Å². The Labute approximate surface area is 101 Å². The Morgan fingerprint density at radius 3 is 2.94 bits per heavy atom. The highest BCUT2D eigenvalue weighted by molar-refractivity contribution is 6.30. The zero-order valence-electron chi connectivity index (χ0n) is 8.59. The van der Waals surface area contributed by atoms with Crippen LogP contribution in [0.25, 0.3) is 16.9 Å². The average molecular weight is 247 g/mol. The second kappa shape index (κ2) is 3.71. The molecule has 0 unspecified atom stereocenters. The molecule has 0 saturated carbocycles.